The summed E-state index contributed by atoms with van der Waals surface area (Å²) >= 11 is 1.36. The number of carbonyl (C=O) groups is 1. The molecule has 152 valence electrons. The molecule has 0 fully saturated rings. The number of carbonyl (C=O) groups excluding carboxylic acids is 1. The van der Waals surface area contributed by atoms with E-state index in [0.29, 0.717) is 10.6 Å². The average molecular weight is 416 g/mol. The first kappa shape index (κ1) is 20.1. The van der Waals surface area contributed by atoms with Crippen molar-refractivity contribution in [3.63, 3.8) is 0 Å². The lowest BCUT2D eigenvalue weighted by molar-refractivity contribution is 0.0944. The minimum absolute atomic E-state index is 0.0894. The van der Waals surface area contributed by atoms with Gasteiger partial charge in [-0.3, -0.25) is 4.79 Å². The molecular weight excluding hydrogens is 390 g/mol. The molecule has 5 heteroatoms. The predicted octanol–water partition coefficient (Wildman–Crippen LogP) is 6.05. The number of hydrogen-bond donors (Lipinski definition) is 2. The Kier molecular flexibility index (Phi) is 5.55. The first-order valence-electron chi connectivity index (χ1n) is 10.1. The molecule has 30 heavy (non-hydrogen) atoms. The van der Waals surface area contributed by atoms with Crippen molar-refractivity contribution in [1.82, 2.24) is 10.3 Å². The number of nitrogens with zero attached hydrogens (tertiary/aromatic N) is 1. The first-order valence-corrected chi connectivity index (χ1v) is 11.0. The van der Waals surface area contributed by atoms with Gasteiger partial charge < -0.3 is 11.1 Å². The highest BCUT2D eigenvalue weighted by Gasteiger charge is 2.22. The van der Waals surface area contributed by atoms with Crippen molar-refractivity contribution in [3.05, 3.63) is 71.1 Å². The van der Waals surface area contributed by atoms with Gasteiger partial charge in [-0.25, -0.2) is 4.98 Å². The maximum atomic E-state index is 12.8. The Bertz CT molecular complexity index is 1200. The standard InChI is InChI=1S/C25H25N3OS/c1-4-16(3)27-24(29)23-22(26)21-19(17-12-10-15(2)11-13-17)14-20(28-25(21)30-23)18-8-6-5-7-9-18/h5-14,16H,4,26H2,1-3H3,(H,27,29). The van der Waals surface area contributed by atoms with Crippen LogP contribution in [-0.4, -0.2) is 16.9 Å². The van der Waals surface area contributed by atoms with Crippen LogP contribution in [0.2, 0.25) is 0 Å². The summed E-state index contributed by atoms with van der Waals surface area (Å²) in [6.45, 7) is 6.10. The minimum Gasteiger partial charge on any atom is -0.397 e. The molecule has 2 aromatic heterocycles. The van der Waals surface area contributed by atoms with Crippen molar-refractivity contribution in [1.29, 1.82) is 0 Å². The summed E-state index contributed by atoms with van der Waals surface area (Å²) in [6.07, 6.45) is 0.863. The third-order valence-corrected chi connectivity index (χ3v) is 6.43. The number of rotatable bonds is 5. The Morgan fingerprint density at radius 2 is 1.80 bits per heavy atom. The van der Waals surface area contributed by atoms with Gasteiger partial charge in [0.05, 0.1) is 11.4 Å². The van der Waals surface area contributed by atoms with Gasteiger partial charge in [-0.15, -0.1) is 11.3 Å². The fraction of sp³-hybridized carbons (Fsp3) is 0.200. The Labute approximate surface area is 180 Å². The van der Waals surface area contributed by atoms with Crippen molar-refractivity contribution >= 4 is 33.1 Å². The summed E-state index contributed by atoms with van der Waals surface area (Å²) in [7, 11) is 0. The smallest absolute Gasteiger partial charge is 0.263 e. The molecule has 0 spiro atoms. The molecule has 0 aliphatic heterocycles. The van der Waals surface area contributed by atoms with Crippen molar-refractivity contribution in [2.24, 2.45) is 0 Å². The topological polar surface area (TPSA) is 68.0 Å². The maximum absolute atomic E-state index is 12.8. The molecule has 0 saturated heterocycles. The zero-order chi connectivity index (χ0) is 21.3. The van der Waals surface area contributed by atoms with Gasteiger partial charge in [-0.1, -0.05) is 67.1 Å². The van der Waals surface area contributed by atoms with Crippen LogP contribution >= 0.6 is 11.3 Å². The highest BCUT2D eigenvalue weighted by molar-refractivity contribution is 7.21. The van der Waals surface area contributed by atoms with E-state index in [9.17, 15) is 4.79 Å². The monoisotopic (exact) mass is 415 g/mol. The number of benzene rings is 2. The SMILES string of the molecule is CCC(C)NC(=O)c1sc2nc(-c3ccccc3)cc(-c3ccc(C)cc3)c2c1N. The molecule has 4 nitrogen and oxygen atoms in total. The normalized spacial score (nSPS) is 12.1. The maximum Gasteiger partial charge on any atom is 0.263 e. The molecule has 0 aliphatic carbocycles. The average Bonchev–Trinajstić information content (AvgIpc) is 3.11. The number of amides is 1. The summed E-state index contributed by atoms with van der Waals surface area (Å²) in [5.41, 5.74) is 12.2. The molecular formula is C25H25N3OS. The molecule has 1 atom stereocenters. The highest BCUT2D eigenvalue weighted by Crippen LogP contribution is 2.41. The van der Waals surface area contributed by atoms with Crippen LogP contribution in [0.5, 0.6) is 0 Å². The molecule has 1 unspecified atom stereocenters. The number of anilines is 1. The fourth-order valence-corrected chi connectivity index (χ4v) is 4.42. The summed E-state index contributed by atoms with van der Waals surface area (Å²) < 4.78 is 0. The summed E-state index contributed by atoms with van der Waals surface area (Å²) in [6, 6.07) is 20.6. The zero-order valence-electron chi connectivity index (χ0n) is 17.4. The summed E-state index contributed by atoms with van der Waals surface area (Å²) in [4.78, 5) is 19.0. The molecule has 4 aromatic rings. The van der Waals surface area contributed by atoms with Gasteiger partial charge in [-0.2, -0.15) is 0 Å². The quantitative estimate of drug-likeness (QED) is 0.417. The van der Waals surface area contributed by atoms with Crippen LogP contribution in [0.4, 0.5) is 5.69 Å². The van der Waals surface area contributed by atoms with E-state index >= 15 is 0 Å². The van der Waals surface area contributed by atoms with Crippen molar-refractivity contribution < 1.29 is 4.79 Å². The van der Waals surface area contributed by atoms with Gasteiger partial charge in [0, 0.05) is 17.0 Å². The number of nitrogens with one attached hydrogen (secondary N) is 1. The molecule has 0 radical (unpaired) electrons. The van der Waals surface area contributed by atoms with Gasteiger partial charge in [0.1, 0.15) is 9.71 Å². The van der Waals surface area contributed by atoms with Gasteiger partial charge in [0.2, 0.25) is 0 Å². The van der Waals surface area contributed by atoms with E-state index in [4.69, 9.17) is 10.7 Å². The van der Waals surface area contributed by atoms with Crippen molar-refractivity contribution in [3.8, 4) is 22.4 Å². The third kappa shape index (κ3) is 3.81. The molecule has 0 bridgehead atoms. The predicted molar refractivity (Wildman–Crippen MR) is 127 cm³/mol. The van der Waals surface area contributed by atoms with E-state index in [1.807, 2.05) is 44.2 Å². The van der Waals surface area contributed by atoms with Crippen molar-refractivity contribution in [2.75, 3.05) is 5.73 Å². The number of nitrogens with two attached hydrogens (primary N) is 1. The minimum atomic E-state index is -0.138. The van der Waals surface area contributed by atoms with Crippen LogP contribution in [0.15, 0.2) is 60.7 Å². The molecule has 2 heterocycles. The van der Waals surface area contributed by atoms with Crippen LogP contribution in [0.3, 0.4) is 0 Å². The number of nitrogen functional groups attached to an aromatic ring is 1. The number of fused-ring (bicyclic) bond motifs is 1. The molecule has 2 aromatic carbocycles. The van der Waals surface area contributed by atoms with Gasteiger partial charge in [-0.05, 0) is 37.5 Å². The van der Waals surface area contributed by atoms with Gasteiger partial charge >= 0.3 is 0 Å². The van der Waals surface area contributed by atoms with E-state index in [-0.39, 0.29) is 11.9 Å². The van der Waals surface area contributed by atoms with E-state index < -0.39 is 0 Å². The lowest BCUT2D eigenvalue weighted by Gasteiger charge is -2.11. The van der Waals surface area contributed by atoms with Crippen LogP contribution < -0.4 is 11.1 Å². The molecule has 4 rings (SSSR count). The number of aromatic nitrogens is 1. The van der Waals surface area contributed by atoms with Crippen LogP contribution in [0.1, 0.15) is 35.5 Å². The molecule has 0 saturated carbocycles. The Morgan fingerprint density at radius 1 is 1.10 bits per heavy atom. The van der Waals surface area contributed by atoms with E-state index in [1.165, 1.54) is 16.9 Å². The number of pyridine rings is 1. The first-order chi connectivity index (χ1) is 14.5. The molecule has 3 N–H and O–H groups in total. The highest BCUT2D eigenvalue weighted by atomic mass is 32.1. The molecule has 0 aliphatic rings. The second-order valence-corrected chi connectivity index (χ2v) is 8.59. The van der Waals surface area contributed by atoms with E-state index in [2.05, 4.69) is 42.6 Å². The van der Waals surface area contributed by atoms with E-state index in [1.54, 1.807) is 0 Å². The second-order valence-electron chi connectivity index (χ2n) is 7.59. The van der Waals surface area contributed by atoms with Crippen molar-refractivity contribution in [2.45, 2.75) is 33.2 Å². The molecule has 1 amide bonds. The third-order valence-electron chi connectivity index (χ3n) is 5.33. The fourth-order valence-electron chi connectivity index (χ4n) is 3.40. The lowest BCUT2D eigenvalue weighted by atomic mass is 9.98. The Balaban J connectivity index is 1.94. The van der Waals surface area contributed by atoms with Gasteiger partial charge in [0.25, 0.3) is 5.91 Å². The number of thiophene rings is 1. The van der Waals surface area contributed by atoms with E-state index in [0.717, 1.165) is 39.0 Å². The Hall–Kier alpha value is -3.18. The van der Waals surface area contributed by atoms with Crippen LogP contribution in [0.25, 0.3) is 32.6 Å². The number of hydrogen-bond acceptors (Lipinski definition) is 4. The van der Waals surface area contributed by atoms with Crippen LogP contribution in [-0.2, 0) is 0 Å². The zero-order valence-corrected chi connectivity index (χ0v) is 18.2. The Morgan fingerprint density at radius 3 is 2.47 bits per heavy atom. The number of aryl methyl sites for hydroxylation is 1. The second kappa shape index (κ2) is 8.28. The van der Waals surface area contributed by atoms with Crippen LogP contribution in [0, 0.1) is 6.92 Å². The largest absolute Gasteiger partial charge is 0.397 e. The summed E-state index contributed by atoms with van der Waals surface area (Å²) in [5.74, 6) is -0.138. The lowest BCUT2D eigenvalue weighted by Crippen LogP contribution is -2.31. The summed E-state index contributed by atoms with van der Waals surface area (Å²) in [5, 5.41) is 3.87. The van der Waals surface area contributed by atoms with Gasteiger partial charge in [0.15, 0.2) is 0 Å².